The maximum Gasteiger partial charge on any atom is 0.273 e. The lowest BCUT2D eigenvalue weighted by molar-refractivity contribution is 0.0732. The zero-order chi connectivity index (χ0) is 25.7. The molecule has 0 fully saturated rings. The quantitative estimate of drug-likeness (QED) is 0.282. The first-order chi connectivity index (χ1) is 17.5. The van der Waals surface area contributed by atoms with E-state index in [0.717, 1.165) is 24.8 Å². The fourth-order valence-electron chi connectivity index (χ4n) is 4.60. The largest absolute Gasteiger partial charge is 0.507 e. The van der Waals surface area contributed by atoms with Crippen molar-refractivity contribution in [2.24, 2.45) is 0 Å². The Morgan fingerprint density at radius 3 is 2.69 bits per heavy atom. The summed E-state index contributed by atoms with van der Waals surface area (Å²) in [5.41, 5.74) is 2.68. The first kappa shape index (κ1) is 25.9. The van der Waals surface area contributed by atoms with E-state index in [0.29, 0.717) is 58.6 Å². The van der Waals surface area contributed by atoms with Crippen molar-refractivity contribution < 1.29 is 24.5 Å². The van der Waals surface area contributed by atoms with Gasteiger partial charge < -0.3 is 24.6 Å². The number of H-pyrrole nitrogens is 1. The van der Waals surface area contributed by atoms with Crippen molar-refractivity contribution in [2.45, 2.75) is 45.1 Å². The summed E-state index contributed by atoms with van der Waals surface area (Å²) >= 11 is 6.21. The van der Waals surface area contributed by atoms with E-state index in [9.17, 15) is 15.0 Å². The number of unbranched alkanes of at least 4 members (excludes halogenated alkanes) is 3. The summed E-state index contributed by atoms with van der Waals surface area (Å²) in [6.45, 7) is 3.08. The predicted molar refractivity (Wildman–Crippen MR) is 138 cm³/mol. The molecule has 0 saturated carbocycles. The minimum absolute atomic E-state index is 0.0121. The van der Waals surface area contributed by atoms with E-state index < -0.39 is 6.04 Å². The van der Waals surface area contributed by atoms with Crippen LogP contribution in [0.15, 0.2) is 36.4 Å². The molecule has 192 valence electrons. The van der Waals surface area contributed by atoms with Crippen LogP contribution in [0.2, 0.25) is 5.02 Å². The van der Waals surface area contributed by atoms with Crippen molar-refractivity contribution in [1.29, 1.82) is 0 Å². The standard InChI is InChI=1S/C27H32ClN3O5/c1-3-4-5-6-14-36-21-11-8-17(15-22(21)35-2)26-23-24(19-16-18(28)9-10-20(19)33)29-30-25(23)27(34)31(26)12-7-13-32/h8-11,15-16,26,32-33H,3-7,12-14H2,1-2H3,(H,29,30). The molecule has 0 spiro atoms. The van der Waals surface area contributed by atoms with Crippen LogP contribution in [0.5, 0.6) is 17.2 Å². The van der Waals surface area contributed by atoms with Gasteiger partial charge in [-0.1, -0.05) is 43.9 Å². The van der Waals surface area contributed by atoms with Crippen molar-refractivity contribution in [3.05, 3.63) is 58.2 Å². The maximum atomic E-state index is 13.4. The first-order valence-corrected chi connectivity index (χ1v) is 12.7. The average Bonchev–Trinajstić information content (AvgIpc) is 3.42. The maximum absolute atomic E-state index is 13.4. The van der Waals surface area contributed by atoms with E-state index >= 15 is 0 Å². The van der Waals surface area contributed by atoms with E-state index in [1.54, 1.807) is 24.1 Å². The fraction of sp³-hybridized carbons (Fsp3) is 0.407. The number of ether oxygens (including phenoxy) is 2. The van der Waals surface area contributed by atoms with E-state index in [-0.39, 0.29) is 18.3 Å². The van der Waals surface area contributed by atoms with Gasteiger partial charge in [0.25, 0.3) is 5.91 Å². The highest BCUT2D eigenvalue weighted by Crippen LogP contribution is 2.46. The number of aromatic hydroxyl groups is 1. The molecule has 1 aliphatic rings. The van der Waals surface area contributed by atoms with E-state index in [1.165, 1.54) is 12.5 Å². The van der Waals surface area contributed by atoms with Crippen LogP contribution in [0.4, 0.5) is 0 Å². The summed E-state index contributed by atoms with van der Waals surface area (Å²) in [6.07, 6.45) is 4.85. The Kier molecular flexibility index (Phi) is 8.38. The molecule has 1 aliphatic heterocycles. The zero-order valence-corrected chi connectivity index (χ0v) is 21.3. The molecule has 8 nitrogen and oxygen atoms in total. The van der Waals surface area contributed by atoms with Gasteiger partial charge >= 0.3 is 0 Å². The average molecular weight is 514 g/mol. The number of fused-ring (bicyclic) bond motifs is 1. The minimum atomic E-state index is -0.501. The SMILES string of the molecule is CCCCCCOc1ccc(C2c3c(-c4cc(Cl)ccc4O)n[nH]c3C(=O)N2CCCO)cc1OC. The Labute approximate surface area is 215 Å². The third-order valence-electron chi connectivity index (χ3n) is 6.39. The van der Waals surface area contributed by atoms with Crippen LogP contribution in [-0.4, -0.2) is 58.1 Å². The normalized spacial score (nSPS) is 14.8. The molecular formula is C27H32ClN3O5. The van der Waals surface area contributed by atoms with Crippen molar-refractivity contribution in [1.82, 2.24) is 15.1 Å². The molecule has 3 N–H and O–H groups in total. The Morgan fingerprint density at radius 1 is 1.11 bits per heavy atom. The number of aromatic amines is 1. The highest BCUT2D eigenvalue weighted by Gasteiger charge is 2.42. The third-order valence-corrected chi connectivity index (χ3v) is 6.63. The molecule has 36 heavy (non-hydrogen) atoms. The lowest BCUT2D eigenvalue weighted by Crippen LogP contribution is -2.31. The lowest BCUT2D eigenvalue weighted by atomic mass is 9.95. The van der Waals surface area contributed by atoms with Gasteiger partial charge in [0, 0.05) is 29.3 Å². The molecule has 3 aromatic rings. The van der Waals surface area contributed by atoms with Gasteiger partial charge in [0.05, 0.1) is 19.8 Å². The van der Waals surface area contributed by atoms with Gasteiger partial charge in [0.1, 0.15) is 17.1 Å². The van der Waals surface area contributed by atoms with Gasteiger partial charge in [-0.15, -0.1) is 0 Å². The molecule has 1 aromatic heterocycles. The number of benzene rings is 2. The van der Waals surface area contributed by atoms with Crippen molar-refractivity contribution in [2.75, 3.05) is 26.9 Å². The van der Waals surface area contributed by atoms with Gasteiger partial charge in [-0.05, 0) is 48.7 Å². The fourth-order valence-corrected chi connectivity index (χ4v) is 4.77. The smallest absolute Gasteiger partial charge is 0.273 e. The van der Waals surface area contributed by atoms with E-state index in [2.05, 4.69) is 17.1 Å². The number of hydrogen-bond donors (Lipinski definition) is 3. The lowest BCUT2D eigenvalue weighted by Gasteiger charge is -2.27. The minimum Gasteiger partial charge on any atom is -0.507 e. The molecule has 0 radical (unpaired) electrons. The van der Waals surface area contributed by atoms with Crippen LogP contribution in [-0.2, 0) is 0 Å². The molecule has 0 aliphatic carbocycles. The van der Waals surface area contributed by atoms with Crippen LogP contribution in [0.3, 0.4) is 0 Å². The molecule has 0 saturated heterocycles. The molecule has 9 heteroatoms. The molecule has 1 amide bonds. The molecule has 1 atom stereocenters. The van der Waals surface area contributed by atoms with Gasteiger partial charge in [-0.25, -0.2) is 0 Å². The van der Waals surface area contributed by atoms with Crippen molar-refractivity contribution in [3.63, 3.8) is 0 Å². The topological polar surface area (TPSA) is 108 Å². The van der Waals surface area contributed by atoms with Crippen LogP contribution in [0.25, 0.3) is 11.3 Å². The Balaban J connectivity index is 1.73. The van der Waals surface area contributed by atoms with Gasteiger partial charge in [-0.2, -0.15) is 5.10 Å². The number of methoxy groups -OCH3 is 1. The molecule has 4 rings (SSSR count). The Morgan fingerprint density at radius 2 is 1.94 bits per heavy atom. The summed E-state index contributed by atoms with van der Waals surface area (Å²) in [7, 11) is 1.59. The van der Waals surface area contributed by atoms with Crippen LogP contribution >= 0.6 is 11.6 Å². The summed E-state index contributed by atoms with van der Waals surface area (Å²) in [5.74, 6) is 1.00. The second-order valence-electron chi connectivity index (χ2n) is 8.82. The van der Waals surface area contributed by atoms with Crippen LogP contribution in [0, 0.1) is 0 Å². The van der Waals surface area contributed by atoms with Gasteiger partial charge in [0.2, 0.25) is 0 Å². The molecule has 2 aromatic carbocycles. The summed E-state index contributed by atoms with van der Waals surface area (Å²) in [6, 6.07) is 9.86. The number of rotatable bonds is 12. The zero-order valence-electron chi connectivity index (χ0n) is 20.6. The van der Waals surface area contributed by atoms with Gasteiger partial charge in [-0.3, -0.25) is 9.89 Å². The van der Waals surface area contributed by atoms with Crippen LogP contribution < -0.4 is 9.47 Å². The number of aliphatic hydroxyl groups excluding tert-OH is 1. The highest BCUT2D eigenvalue weighted by atomic mass is 35.5. The number of aliphatic hydroxyl groups is 1. The number of phenols is 1. The van der Waals surface area contributed by atoms with E-state index in [1.807, 2.05) is 18.2 Å². The second kappa shape index (κ2) is 11.7. The first-order valence-electron chi connectivity index (χ1n) is 12.3. The summed E-state index contributed by atoms with van der Waals surface area (Å²) < 4.78 is 11.6. The summed E-state index contributed by atoms with van der Waals surface area (Å²) in [4.78, 5) is 15.1. The van der Waals surface area contributed by atoms with Crippen LogP contribution in [0.1, 0.15) is 66.7 Å². The Hall–Kier alpha value is -3.23. The number of halogens is 1. The Bertz CT molecular complexity index is 1210. The number of aromatic nitrogens is 2. The predicted octanol–water partition coefficient (Wildman–Crippen LogP) is 5.33. The number of nitrogens with one attached hydrogen (secondary N) is 1. The van der Waals surface area contributed by atoms with Crippen molar-refractivity contribution >= 4 is 17.5 Å². The second-order valence-corrected chi connectivity index (χ2v) is 9.26. The number of amides is 1. The third kappa shape index (κ3) is 5.15. The highest BCUT2D eigenvalue weighted by molar-refractivity contribution is 6.31. The number of carbonyl (C=O) groups excluding carboxylic acids is 1. The molecular weight excluding hydrogens is 482 g/mol. The number of nitrogens with zero attached hydrogens (tertiary/aromatic N) is 2. The monoisotopic (exact) mass is 513 g/mol. The number of hydrogen-bond acceptors (Lipinski definition) is 6. The molecule has 0 bridgehead atoms. The number of phenolic OH excluding ortho intramolecular Hbond substituents is 1. The van der Waals surface area contributed by atoms with Gasteiger partial charge in [0.15, 0.2) is 11.5 Å². The molecule has 2 heterocycles. The van der Waals surface area contributed by atoms with Crippen molar-refractivity contribution in [3.8, 4) is 28.5 Å². The molecule has 1 unspecified atom stereocenters. The summed E-state index contributed by atoms with van der Waals surface area (Å²) in [5, 5.41) is 27.7. The number of carbonyl (C=O) groups is 1. The van der Waals surface area contributed by atoms with E-state index in [4.69, 9.17) is 21.1 Å².